The Labute approximate surface area is 175 Å². The van der Waals surface area contributed by atoms with Crippen molar-refractivity contribution in [3.63, 3.8) is 0 Å². The number of aryl methyl sites for hydroxylation is 1. The van der Waals surface area contributed by atoms with Crippen molar-refractivity contribution < 1.29 is 17.0 Å². The average Bonchev–Trinajstić information content (AvgIpc) is 2.62. The second-order valence-electron chi connectivity index (χ2n) is 7.24. The first-order valence-electron chi connectivity index (χ1n) is 10.5. The minimum atomic E-state index is 0. The van der Waals surface area contributed by atoms with Crippen molar-refractivity contribution in [1.82, 2.24) is 0 Å². The van der Waals surface area contributed by atoms with E-state index >= 15 is 0 Å². The highest BCUT2D eigenvalue weighted by atomic mass is 35.5. The van der Waals surface area contributed by atoms with Crippen LogP contribution in [-0.2, 0) is 13.1 Å². The summed E-state index contributed by atoms with van der Waals surface area (Å²) in [6, 6.07) is 4.26. The van der Waals surface area contributed by atoms with Crippen LogP contribution in [0.3, 0.4) is 0 Å². The summed E-state index contributed by atoms with van der Waals surface area (Å²) in [5.74, 6) is 0. The summed E-state index contributed by atoms with van der Waals surface area (Å²) in [7, 11) is 0. The first-order chi connectivity index (χ1) is 11.9. The first-order valence-corrected chi connectivity index (χ1v) is 10.5. The van der Waals surface area contributed by atoms with Gasteiger partial charge in [-0.3, -0.25) is 0 Å². The van der Waals surface area contributed by atoms with Gasteiger partial charge in [0.2, 0.25) is 0 Å². The van der Waals surface area contributed by atoms with E-state index in [9.17, 15) is 0 Å². The number of hydrogen-bond donors (Lipinski definition) is 1. The monoisotopic (exact) mass is 404 g/mol. The molecule has 1 heterocycles. The molecule has 26 heavy (non-hydrogen) atoms. The summed E-state index contributed by atoms with van der Waals surface area (Å²) in [6.45, 7) is 4.07. The fourth-order valence-electron chi connectivity index (χ4n) is 3.26. The Morgan fingerprint density at radius 3 is 1.46 bits per heavy atom. The third-order valence-electron chi connectivity index (χ3n) is 4.97. The van der Waals surface area contributed by atoms with Gasteiger partial charge in [-0.25, -0.2) is 4.57 Å². The molecule has 1 aromatic heterocycles. The van der Waals surface area contributed by atoms with E-state index in [0.717, 1.165) is 6.54 Å². The van der Waals surface area contributed by atoms with Crippen molar-refractivity contribution in [2.45, 2.75) is 110 Å². The van der Waals surface area contributed by atoms with Crippen LogP contribution in [0.1, 0.15) is 102 Å². The number of nitrogens with two attached hydrogens (primary N) is 1. The van der Waals surface area contributed by atoms with Crippen LogP contribution < -0.4 is 22.7 Å². The van der Waals surface area contributed by atoms with Crippen molar-refractivity contribution in [2.24, 2.45) is 5.73 Å². The Bertz CT molecular complexity index is 382. The molecule has 0 spiro atoms. The summed E-state index contributed by atoms with van der Waals surface area (Å²) in [6.07, 6.45) is 24.2. The summed E-state index contributed by atoms with van der Waals surface area (Å²) >= 11 is 0. The molecular weight excluding hydrogens is 363 g/mol. The standard InChI is InChI=1S/C22H41N2.2ClH/c1-2-3-4-5-6-7-8-9-10-11-12-13-14-15-18-24-19-16-22(21-23)17-20-24;;/h16-17,19-20H,2-15,18,21,23H2,1H3;2*1H/q+1;;/p-1. The van der Waals surface area contributed by atoms with E-state index in [1.54, 1.807) is 0 Å². The Hall–Kier alpha value is -0.310. The van der Waals surface area contributed by atoms with E-state index in [-0.39, 0.29) is 24.8 Å². The van der Waals surface area contributed by atoms with Crippen LogP contribution in [0.25, 0.3) is 0 Å². The molecule has 2 nitrogen and oxygen atoms in total. The summed E-state index contributed by atoms with van der Waals surface area (Å²) < 4.78 is 2.28. The molecular formula is C22H42Cl2N2. The molecule has 0 radical (unpaired) electrons. The summed E-state index contributed by atoms with van der Waals surface area (Å²) in [5.41, 5.74) is 6.84. The summed E-state index contributed by atoms with van der Waals surface area (Å²) in [5, 5.41) is 0. The average molecular weight is 405 g/mol. The van der Waals surface area contributed by atoms with E-state index in [4.69, 9.17) is 5.73 Å². The molecule has 0 aromatic carbocycles. The maximum atomic E-state index is 5.62. The SMILES string of the molecule is CCCCCCCCCCCCCCCC[n+]1ccc(CN)cc1.Cl.[Cl-]. The maximum absolute atomic E-state index is 5.62. The van der Waals surface area contributed by atoms with Gasteiger partial charge in [0.1, 0.15) is 6.54 Å². The molecule has 1 rings (SSSR count). The molecule has 0 fully saturated rings. The summed E-state index contributed by atoms with van der Waals surface area (Å²) in [4.78, 5) is 0. The van der Waals surface area contributed by atoms with Crippen molar-refractivity contribution in [3.8, 4) is 0 Å². The van der Waals surface area contributed by atoms with Crippen molar-refractivity contribution in [3.05, 3.63) is 30.1 Å². The van der Waals surface area contributed by atoms with Crippen LogP contribution in [0.5, 0.6) is 0 Å². The van der Waals surface area contributed by atoms with Gasteiger partial charge in [-0.2, -0.15) is 0 Å². The Kier molecular flexibility index (Phi) is 22.5. The van der Waals surface area contributed by atoms with Crippen molar-refractivity contribution >= 4 is 12.4 Å². The van der Waals surface area contributed by atoms with Gasteiger partial charge in [0, 0.05) is 25.1 Å². The van der Waals surface area contributed by atoms with Crippen LogP contribution >= 0.6 is 12.4 Å². The lowest BCUT2D eigenvalue weighted by Gasteiger charge is -2.03. The Morgan fingerprint density at radius 1 is 0.692 bits per heavy atom. The Morgan fingerprint density at radius 2 is 1.08 bits per heavy atom. The number of unbranched alkanes of at least 4 members (excludes halogenated alkanes) is 13. The highest BCUT2D eigenvalue weighted by Gasteiger charge is 2.00. The molecule has 4 heteroatoms. The van der Waals surface area contributed by atoms with E-state index in [1.807, 2.05) is 0 Å². The zero-order valence-corrected chi connectivity index (χ0v) is 18.5. The van der Waals surface area contributed by atoms with Gasteiger partial charge in [-0.15, -0.1) is 12.4 Å². The minimum absolute atomic E-state index is 0. The van der Waals surface area contributed by atoms with E-state index < -0.39 is 0 Å². The highest BCUT2D eigenvalue weighted by molar-refractivity contribution is 5.85. The molecule has 154 valence electrons. The smallest absolute Gasteiger partial charge is 0.169 e. The topological polar surface area (TPSA) is 29.9 Å². The first kappa shape index (κ1) is 27.9. The molecule has 0 saturated carbocycles. The zero-order chi connectivity index (χ0) is 17.3. The number of nitrogens with zero attached hydrogens (tertiary/aromatic N) is 1. The van der Waals surface area contributed by atoms with E-state index in [2.05, 4.69) is 36.0 Å². The number of hydrogen-bond acceptors (Lipinski definition) is 1. The molecule has 0 unspecified atom stereocenters. The lowest BCUT2D eigenvalue weighted by molar-refractivity contribution is -0.697. The quantitative estimate of drug-likeness (QED) is 0.332. The molecule has 0 saturated heterocycles. The van der Waals surface area contributed by atoms with Crippen LogP contribution in [-0.4, -0.2) is 0 Å². The van der Waals surface area contributed by atoms with Crippen molar-refractivity contribution in [2.75, 3.05) is 0 Å². The third kappa shape index (κ3) is 15.9. The van der Waals surface area contributed by atoms with Gasteiger partial charge in [0.05, 0.1) is 0 Å². The zero-order valence-electron chi connectivity index (χ0n) is 16.9. The second kappa shape index (κ2) is 21.0. The predicted octanol–water partition coefficient (Wildman–Crippen LogP) is 3.34. The van der Waals surface area contributed by atoms with Gasteiger partial charge >= 0.3 is 0 Å². The lowest BCUT2D eigenvalue weighted by Crippen LogP contribution is -3.00. The van der Waals surface area contributed by atoms with Crippen LogP contribution in [0.4, 0.5) is 0 Å². The largest absolute Gasteiger partial charge is 1.00 e. The van der Waals surface area contributed by atoms with Gasteiger partial charge < -0.3 is 18.1 Å². The van der Waals surface area contributed by atoms with Gasteiger partial charge in [0.15, 0.2) is 12.4 Å². The predicted molar refractivity (Wildman–Crippen MR) is 112 cm³/mol. The van der Waals surface area contributed by atoms with Crippen LogP contribution in [0, 0.1) is 0 Å². The maximum Gasteiger partial charge on any atom is 0.169 e. The number of rotatable bonds is 16. The van der Waals surface area contributed by atoms with Crippen LogP contribution in [0.15, 0.2) is 24.5 Å². The third-order valence-corrected chi connectivity index (χ3v) is 4.97. The Balaban J connectivity index is 0. The van der Waals surface area contributed by atoms with Gasteiger partial charge in [-0.1, -0.05) is 84.0 Å². The number of halogens is 2. The van der Waals surface area contributed by atoms with Crippen molar-refractivity contribution in [1.29, 1.82) is 0 Å². The minimum Gasteiger partial charge on any atom is -1.00 e. The molecule has 0 aliphatic rings. The fourth-order valence-corrected chi connectivity index (χ4v) is 3.26. The molecule has 0 aliphatic carbocycles. The van der Waals surface area contributed by atoms with E-state index in [1.165, 1.54) is 95.5 Å². The molecule has 0 amide bonds. The number of aromatic nitrogens is 1. The normalized spacial score (nSPS) is 10.2. The van der Waals surface area contributed by atoms with E-state index in [0.29, 0.717) is 6.54 Å². The highest BCUT2D eigenvalue weighted by Crippen LogP contribution is 2.12. The molecule has 1 aromatic rings. The number of pyridine rings is 1. The lowest BCUT2D eigenvalue weighted by atomic mass is 10.0. The molecule has 2 N–H and O–H groups in total. The molecule has 0 aliphatic heterocycles. The van der Waals surface area contributed by atoms with Gasteiger partial charge in [-0.05, 0) is 12.0 Å². The molecule has 0 atom stereocenters. The molecule has 0 bridgehead atoms. The fraction of sp³-hybridized carbons (Fsp3) is 0.773. The van der Waals surface area contributed by atoms with Crippen LogP contribution in [0.2, 0.25) is 0 Å². The second-order valence-corrected chi connectivity index (χ2v) is 7.24. The van der Waals surface area contributed by atoms with Gasteiger partial charge in [0.25, 0.3) is 0 Å².